The maximum absolute atomic E-state index is 4.46. The Morgan fingerprint density at radius 3 is 2.50 bits per heavy atom. The predicted octanol–water partition coefficient (Wildman–Crippen LogP) is 4.68. The number of pyridine rings is 1. The molecular formula is C16H19BrN2S. The lowest BCUT2D eigenvalue weighted by Crippen LogP contribution is -2.27. The standard InChI is InChI=1S/C16H19BrN2S/c1-3-14(20-15-10-9-13(17)11-19-15)16(18-2)12-7-5-4-6-8-12/h4-11,14,16,18H,3H2,1-2H3. The zero-order valence-electron chi connectivity index (χ0n) is 11.7. The quantitative estimate of drug-likeness (QED) is 0.765. The Morgan fingerprint density at radius 2 is 1.95 bits per heavy atom. The number of benzene rings is 1. The van der Waals surface area contributed by atoms with E-state index in [1.54, 1.807) is 0 Å². The first-order valence-electron chi connectivity index (χ1n) is 6.75. The second-order valence-electron chi connectivity index (χ2n) is 4.56. The summed E-state index contributed by atoms with van der Waals surface area (Å²) in [7, 11) is 2.02. The first-order chi connectivity index (χ1) is 9.74. The van der Waals surface area contributed by atoms with Crippen LogP contribution in [-0.4, -0.2) is 17.3 Å². The molecule has 0 spiro atoms. The molecule has 0 saturated carbocycles. The van der Waals surface area contributed by atoms with Crippen LogP contribution in [0.3, 0.4) is 0 Å². The van der Waals surface area contributed by atoms with Gasteiger partial charge in [-0.2, -0.15) is 0 Å². The molecule has 0 aliphatic heterocycles. The first-order valence-corrected chi connectivity index (χ1v) is 8.42. The van der Waals surface area contributed by atoms with Gasteiger partial charge in [-0.25, -0.2) is 4.98 Å². The van der Waals surface area contributed by atoms with Crippen LogP contribution >= 0.6 is 27.7 Å². The molecule has 0 amide bonds. The summed E-state index contributed by atoms with van der Waals surface area (Å²) in [6.07, 6.45) is 2.94. The van der Waals surface area contributed by atoms with Gasteiger partial charge < -0.3 is 5.32 Å². The molecule has 4 heteroatoms. The van der Waals surface area contributed by atoms with Crippen molar-refractivity contribution in [1.29, 1.82) is 0 Å². The van der Waals surface area contributed by atoms with Crippen LogP contribution in [0.25, 0.3) is 0 Å². The van der Waals surface area contributed by atoms with E-state index in [1.807, 2.05) is 31.1 Å². The molecule has 2 nitrogen and oxygen atoms in total. The smallest absolute Gasteiger partial charge is 0.0964 e. The average Bonchev–Trinajstić information content (AvgIpc) is 2.50. The Kier molecular flexibility index (Phi) is 6.07. The number of halogens is 1. The minimum atomic E-state index is 0.330. The summed E-state index contributed by atoms with van der Waals surface area (Å²) in [6.45, 7) is 2.23. The molecule has 2 rings (SSSR count). The van der Waals surface area contributed by atoms with E-state index in [2.05, 4.69) is 69.6 Å². The molecule has 1 aromatic heterocycles. The summed E-state index contributed by atoms with van der Waals surface area (Å²) in [5.74, 6) is 0. The van der Waals surface area contributed by atoms with Crippen LogP contribution in [0, 0.1) is 0 Å². The van der Waals surface area contributed by atoms with Gasteiger partial charge in [0.25, 0.3) is 0 Å². The maximum atomic E-state index is 4.46. The third-order valence-corrected chi connectivity index (χ3v) is 5.08. The predicted molar refractivity (Wildman–Crippen MR) is 90.1 cm³/mol. The van der Waals surface area contributed by atoms with Gasteiger partial charge in [0.05, 0.1) is 5.03 Å². The molecule has 106 valence electrons. The van der Waals surface area contributed by atoms with Crippen LogP contribution in [0.15, 0.2) is 58.2 Å². The van der Waals surface area contributed by atoms with Crippen molar-refractivity contribution >= 4 is 27.7 Å². The summed E-state index contributed by atoms with van der Waals surface area (Å²) in [5, 5.41) is 4.96. The molecule has 2 unspecified atom stereocenters. The Morgan fingerprint density at radius 1 is 1.20 bits per heavy atom. The van der Waals surface area contributed by atoms with E-state index in [9.17, 15) is 0 Å². The number of hydrogen-bond acceptors (Lipinski definition) is 3. The van der Waals surface area contributed by atoms with Gasteiger partial charge in [0.2, 0.25) is 0 Å². The van der Waals surface area contributed by atoms with Crippen molar-refractivity contribution in [2.75, 3.05) is 7.05 Å². The highest BCUT2D eigenvalue weighted by atomic mass is 79.9. The van der Waals surface area contributed by atoms with E-state index in [-0.39, 0.29) is 0 Å². The van der Waals surface area contributed by atoms with E-state index in [0.29, 0.717) is 11.3 Å². The van der Waals surface area contributed by atoms with Crippen LogP contribution < -0.4 is 5.32 Å². The van der Waals surface area contributed by atoms with Gasteiger partial charge in [-0.05, 0) is 47.1 Å². The highest BCUT2D eigenvalue weighted by Crippen LogP contribution is 2.33. The van der Waals surface area contributed by atoms with Gasteiger partial charge in [0.1, 0.15) is 0 Å². The highest BCUT2D eigenvalue weighted by molar-refractivity contribution is 9.10. The number of rotatable bonds is 6. The molecule has 20 heavy (non-hydrogen) atoms. The van der Waals surface area contributed by atoms with Crippen molar-refractivity contribution in [3.63, 3.8) is 0 Å². The Bertz CT molecular complexity index is 516. The normalized spacial score (nSPS) is 13.9. The highest BCUT2D eigenvalue weighted by Gasteiger charge is 2.21. The third-order valence-electron chi connectivity index (χ3n) is 3.22. The van der Waals surface area contributed by atoms with Crippen molar-refractivity contribution in [3.05, 3.63) is 58.7 Å². The first kappa shape index (κ1) is 15.5. The van der Waals surface area contributed by atoms with Crippen LogP contribution in [0.2, 0.25) is 0 Å². The van der Waals surface area contributed by atoms with E-state index >= 15 is 0 Å². The van der Waals surface area contributed by atoms with Crippen molar-refractivity contribution < 1.29 is 0 Å². The summed E-state index contributed by atoms with van der Waals surface area (Å²) < 4.78 is 1.02. The third kappa shape index (κ3) is 4.08. The second kappa shape index (κ2) is 7.81. The molecule has 1 N–H and O–H groups in total. The minimum Gasteiger partial charge on any atom is -0.312 e. The summed E-state index contributed by atoms with van der Waals surface area (Å²) in [6, 6.07) is 15.0. The fourth-order valence-corrected chi connectivity index (χ4v) is 3.60. The van der Waals surface area contributed by atoms with E-state index in [0.717, 1.165) is 15.9 Å². The summed E-state index contributed by atoms with van der Waals surface area (Å²) in [5.41, 5.74) is 1.33. The molecule has 0 aliphatic carbocycles. The lowest BCUT2D eigenvalue weighted by Gasteiger charge is -2.25. The van der Waals surface area contributed by atoms with Crippen LogP contribution in [0.4, 0.5) is 0 Å². The number of thioether (sulfide) groups is 1. The van der Waals surface area contributed by atoms with E-state index in [4.69, 9.17) is 0 Å². The molecule has 1 aromatic carbocycles. The topological polar surface area (TPSA) is 24.9 Å². The molecule has 0 fully saturated rings. The largest absolute Gasteiger partial charge is 0.312 e. The maximum Gasteiger partial charge on any atom is 0.0964 e. The van der Waals surface area contributed by atoms with Crippen LogP contribution in [-0.2, 0) is 0 Å². The Labute approximate surface area is 133 Å². The minimum absolute atomic E-state index is 0.330. The molecule has 0 saturated heterocycles. The number of aromatic nitrogens is 1. The van der Waals surface area contributed by atoms with Crippen LogP contribution in [0.5, 0.6) is 0 Å². The molecule has 2 atom stereocenters. The van der Waals surface area contributed by atoms with E-state index < -0.39 is 0 Å². The van der Waals surface area contributed by atoms with Gasteiger partial charge in [-0.3, -0.25) is 0 Å². The molecule has 1 heterocycles. The SMILES string of the molecule is CCC(Sc1ccc(Br)cn1)C(NC)c1ccccc1. The van der Waals surface area contributed by atoms with E-state index in [1.165, 1.54) is 5.56 Å². The monoisotopic (exact) mass is 350 g/mol. The molecular weight excluding hydrogens is 332 g/mol. The summed E-state index contributed by atoms with van der Waals surface area (Å²) >= 11 is 5.25. The zero-order valence-corrected chi connectivity index (χ0v) is 14.1. The Balaban J connectivity index is 2.15. The molecule has 2 aromatic rings. The van der Waals surface area contributed by atoms with Crippen molar-refractivity contribution in [2.45, 2.75) is 29.7 Å². The lowest BCUT2D eigenvalue weighted by molar-refractivity contribution is 0.555. The van der Waals surface area contributed by atoms with Crippen molar-refractivity contribution in [3.8, 4) is 0 Å². The Hall–Kier alpha value is -0.840. The van der Waals surface area contributed by atoms with Gasteiger partial charge in [-0.1, -0.05) is 37.3 Å². The lowest BCUT2D eigenvalue weighted by atomic mass is 10.0. The van der Waals surface area contributed by atoms with Crippen molar-refractivity contribution in [2.24, 2.45) is 0 Å². The summed E-state index contributed by atoms with van der Waals surface area (Å²) in [4.78, 5) is 4.46. The zero-order chi connectivity index (χ0) is 14.4. The van der Waals surface area contributed by atoms with Crippen LogP contribution in [0.1, 0.15) is 24.9 Å². The average molecular weight is 351 g/mol. The van der Waals surface area contributed by atoms with Crippen molar-refractivity contribution in [1.82, 2.24) is 10.3 Å². The van der Waals surface area contributed by atoms with Gasteiger partial charge >= 0.3 is 0 Å². The molecule has 0 aliphatic rings. The second-order valence-corrected chi connectivity index (χ2v) is 6.73. The number of nitrogens with one attached hydrogen (secondary N) is 1. The fourth-order valence-electron chi connectivity index (χ4n) is 2.20. The number of hydrogen-bond donors (Lipinski definition) is 1. The van der Waals surface area contributed by atoms with Gasteiger partial charge in [0.15, 0.2) is 0 Å². The van der Waals surface area contributed by atoms with Gasteiger partial charge in [-0.15, -0.1) is 11.8 Å². The van der Waals surface area contributed by atoms with Gasteiger partial charge in [0, 0.05) is 22.0 Å². The fraction of sp³-hybridized carbons (Fsp3) is 0.312. The number of nitrogens with zero attached hydrogens (tertiary/aromatic N) is 1. The molecule has 0 bridgehead atoms. The molecule has 0 radical (unpaired) electrons.